The molecule has 4 nitrogen and oxygen atoms in total. The van der Waals surface area contributed by atoms with Crippen molar-refractivity contribution in [2.24, 2.45) is 11.8 Å². The lowest BCUT2D eigenvalue weighted by atomic mass is 9.98. The van der Waals surface area contributed by atoms with Crippen LogP contribution in [-0.4, -0.2) is 29.9 Å². The second kappa shape index (κ2) is 3.19. The maximum absolute atomic E-state index is 10.9. The van der Waals surface area contributed by atoms with Crippen LogP contribution in [-0.2, 0) is 4.79 Å². The number of hydrazine groups is 1. The van der Waals surface area contributed by atoms with Crippen LogP contribution < -0.4 is 11.3 Å². The molecule has 1 saturated heterocycles. The van der Waals surface area contributed by atoms with E-state index in [0.717, 1.165) is 13.1 Å². The van der Waals surface area contributed by atoms with Gasteiger partial charge in [0.1, 0.15) is 0 Å². The first-order valence-corrected chi connectivity index (χ1v) is 3.89. The van der Waals surface area contributed by atoms with E-state index in [2.05, 4.69) is 24.2 Å². The zero-order valence-electron chi connectivity index (χ0n) is 7.00. The minimum absolute atomic E-state index is 0.0399. The number of hydrogen-bond donors (Lipinski definition) is 2. The van der Waals surface area contributed by atoms with E-state index in [0.29, 0.717) is 6.04 Å². The molecule has 0 unspecified atom stereocenters. The number of nitrogens with two attached hydrogens (primary N) is 1. The summed E-state index contributed by atoms with van der Waals surface area (Å²) in [7, 11) is 0. The fourth-order valence-electron chi connectivity index (χ4n) is 1.22. The van der Waals surface area contributed by atoms with Gasteiger partial charge in [0.25, 0.3) is 0 Å². The molecule has 1 aliphatic heterocycles. The molecule has 1 aliphatic rings. The molecule has 0 aliphatic carbocycles. The van der Waals surface area contributed by atoms with Gasteiger partial charge in [-0.15, -0.1) is 0 Å². The summed E-state index contributed by atoms with van der Waals surface area (Å²) >= 11 is 0. The van der Waals surface area contributed by atoms with E-state index in [1.54, 1.807) is 0 Å². The Hall–Kier alpha value is -0.610. The van der Waals surface area contributed by atoms with Crippen LogP contribution in [0, 0.1) is 5.92 Å². The van der Waals surface area contributed by atoms with E-state index in [-0.39, 0.29) is 11.8 Å². The van der Waals surface area contributed by atoms with Crippen molar-refractivity contribution in [2.75, 3.05) is 13.1 Å². The second-order valence-corrected chi connectivity index (χ2v) is 3.25. The molecular formula is C7H15N3O. The number of nitrogens with zero attached hydrogens (tertiary/aromatic N) is 1. The smallest absolute Gasteiger partial charge is 0.239 e. The van der Waals surface area contributed by atoms with E-state index in [9.17, 15) is 4.79 Å². The third kappa shape index (κ3) is 1.70. The summed E-state index contributed by atoms with van der Waals surface area (Å²) in [5, 5.41) is 0. The standard InChI is InChI=1S/C7H15N3O/c1-5(2)10-3-6(4-10)7(11)9-8/h5-6H,3-4,8H2,1-2H3,(H,9,11). The van der Waals surface area contributed by atoms with Crippen molar-refractivity contribution < 1.29 is 4.79 Å². The summed E-state index contributed by atoms with van der Waals surface area (Å²) in [6.45, 7) is 5.94. The minimum Gasteiger partial charge on any atom is -0.299 e. The van der Waals surface area contributed by atoms with Gasteiger partial charge in [-0.2, -0.15) is 0 Å². The maximum atomic E-state index is 10.9. The lowest BCUT2D eigenvalue weighted by Gasteiger charge is -2.40. The highest BCUT2D eigenvalue weighted by Crippen LogP contribution is 2.17. The summed E-state index contributed by atoms with van der Waals surface area (Å²) in [5.74, 6) is 5.06. The molecule has 0 aromatic heterocycles. The normalized spacial score (nSPS) is 20.0. The monoisotopic (exact) mass is 157 g/mol. The van der Waals surface area contributed by atoms with Gasteiger partial charge in [-0.3, -0.25) is 15.1 Å². The summed E-state index contributed by atoms with van der Waals surface area (Å²) in [4.78, 5) is 13.1. The number of amides is 1. The SMILES string of the molecule is CC(C)N1CC(C(=O)NN)C1. The number of rotatable bonds is 2. The summed E-state index contributed by atoms with van der Waals surface area (Å²) in [6.07, 6.45) is 0. The zero-order chi connectivity index (χ0) is 8.43. The van der Waals surface area contributed by atoms with Gasteiger partial charge in [-0.1, -0.05) is 0 Å². The summed E-state index contributed by atoms with van der Waals surface area (Å²) in [6, 6.07) is 0.539. The Morgan fingerprint density at radius 1 is 1.64 bits per heavy atom. The van der Waals surface area contributed by atoms with Crippen LogP contribution in [0.25, 0.3) is 0 Å². The van der Waals surface area contributed by atoms with Crippen LogP contribution in [0.2, 0.25) is 0 Å². The first-order valence-electron chi connectivity index (χ1n) is 3.89. The molecule has 0 radical (unpaired) electrons. The highest BCUT2D eigenvalue weighted by atomic mass is 16.2. The largest absolute Gasteiger partial charge is 0.299 e. The molecule has 0 aromatic rings. The molecule has 0 saturated carbocycles. The Labute approximate surface area is 66.7 Å². The third-order valence-electron chi connectivity index (χ3n) is 2.15. The van der Waals surface area contributed by atoms with E-state index < -0.39 is 0 Å². The highest BCUT2D eigenvalue weighted by molar-refractivity contribution is 5.79. The summed E-state index contributed by atoms with van der Waals surface area (Å²) < 4.78 is 0. The fourth-order valence-corrected chi connectivity index (χ4v) is 1.22. The van der Waals surface area contributed by atoms with Crippen LogP contribution in [0.4, 0.5) is 0 Å². The van der Waals surface area contributed by atoms with Gasteiger partial charge < -0.3 is 0 Å². The van der Waals surface area contributed by atoms with Gasteiger partial charge >= 0.3 is 0 Å². The molecule has 1 fully saturated rings. The van der Waals surface area contributed by atoms with Crippen LogP contribution >= 0.6 is 0 Å². The molecule has 1 heterocycles. The first-order chi connectivity index (χ1) is 5.15. The Kier molecular flexibility index (Phi) is 2.46. The van der Waals surface area contributed by atoms with Crippen molar-refractivity contribution in [1.82, 2.24) is 10.3 Å². The molecule has 0 spiro atoms. The predicted molar refractivity (Wildman–Crippen MR) is 42.5 cm³/mol. The molecule has 11 heavy (non-hydrogen) atoms. The van der Waals surface area contributed by atoms with Crippen molar-refractivity contribution in [2.45, 2.75) is 19.9 Å². The highest BCUT2D eigenvalue weighted by Gasteiger charge is 2.33. The number of nitrogens with one attached hydrogen (secondary N) is 1. The minimum atomic E-state index is -0.0399. The van der Waals surface area contributed by atoms with Crippen LogP contribution in [0.5, 0.6) is 0 Å². The topological polar surface area (TPSA) is 58.4 Å². The molecule has 4 heteroatoms. The predicted octanol–water partition coefficient (Wildman–Crippen LogP) is -0.683. The molecule has 64 valence electrons. The molecular weight excluding hydrogens is 142 g/mol. The molecule has 0 bridgehead atoms. The van der Waals surface area contributed by atoms with Crippen molar-refractivity contribution in [1.29, 1.82) is 0 Å². The quantitative estimate of drug-likeness (QED) is 0.317. The van der Waals surface area contributed by atoms with Gasteiger partial charge in [-0.05, 0) is 13.8 Å². The van der Waals surface area contributed by atoms with E-state index in [1.165, 1.54) is 0 Å². The van der Waals surface area contributed by atoms with Gasteiger partial charge in [0.15, 0.2) is 0 Å². The van der Waals surface area contributed by atoms with Crippen molar-refractivity contribution in [3.8, 4) is 0 Å². The number of carbonyl (C=O) groups is 1. The van der Waals surface area contributed by atoms with Crippen molar-refractivity contribution in [3.05, 3.63) is 0 Å². The van der Waals surface area contributed by atoms with Crippen LogP contribution in [0.15, 0.2) is 0 Å². The number of carbonyl (C=O) groups excluding carboxylic acids is 1. The van der Waals surface area contributed by atoms with E-state index in [4.69, 9.17) is 5.84 Å². The lowest BCUT2D eigenvalue weighted by molar-refractivity contribution is -0.131. The van der Waals surface area contributed by atoms with E-state index in [1.807, 2.05) is 0 Å². The zero-order valence-corrected chi connectivity index (χ0v) is 7.00. The average molecular weight is 157 g/mol. The second-order valence-electron chi connectivity index (χ2n) is 3.25. The molecule has 1 amide bonds. The Balaban J connectivity index is 2.24. The van der Waals surface area contributed by atoms with Gasteiger partial charge in [0, 0.05) is 19.1 Å². The Morgan fingerprint density at radius 2 is 2.18 bits per heavy atom. The third-order valence-corrected chi connectivity index (χ3v) is 2.15. The van der Waals surface area contributed by atoms with E-state index >= 15 is 0 Å². The molecule has 0 atom stereocenters. The number of hydrogen-bond acceptors (Lipinski definition) is 3. The van der Waals surface area contributed by atoms with Gasteiger partial charge in [0.2, 0.25) is 5.91 Å². The van der Waals surface area contributed by atoms with Crippen LogP contribution in [0.3, 0.4) is 0 Å². The van der Waals surface area contributed by atoms with Gasteiger partial charge in [0.05, 0.1) is 5.92 Å². The maximum Gasteiger partial charge on any atom is 0.239 e. The summed E-state index contributed by atoms with van der Waals surface area (Å²) in [5.41, 5.74) is 2.16. The Bertz CT molecular complexity index is 152. The van der Waals surface area contributed by atoms with Crippen molar-refractivity contribution in [3.63, 3.8) is 0 Å². The first kappa shape index (κ1) is 8.49. The average Bonchev–Trinajstić information content (AvgIpc) is 1.83. The molecule has 0 aromatic carbocycles. The van der Waals surface area contributed by atoms with Gasteiger partial charge in [-0.25, -0.2) is 5.84 Å². The van der Waals surface area contributed by atoms with Crippen LogP contribution in [0.1, 0.15) is 13.8 Å². The Morgan fingerprint density at radius 3 is 2.55 bits per heavy atom. The fraction of sp³-hybridized carbons (Fsp3) is 0.857. The lowest BCUT2D eigenvalue weighted by Crippen LogP contribution is -2.56. The number of likely N-dealkylation sites (tertiary alicyclic amines) is 1. The van der Waals surface area contributed by atoms with Crippen molar-refractivity contribution >= 4 is 5.91 Å². The molecule has 3 N–H and O–H groups in total. The molecule has 1 rings (SSSR count).